The van der Waals surface area contributed by atoms with Gasteiger partial charge >= 0.3 is 0 Å². The molecule has 0 spiro atoms. The molecule has 0 radical (unpaired) electrons. The van der Waals surface area contributed by atoms with Gasteiger partial charge in [0.2, 0.25) is 17.7 Å². The fourth-order valence-electron chi connectivity index (χ4n) is 2.57. The molecule has 3 heterocycles. The first kappa shape index (κ1) is 15.0. The van der Waals surface area contributed by atoms with E-state index in [0.717, 1.165) is 44.5 Å². The Morgan fingerprint density at radius 2 is 2.00 bits per heavy atom. The molecule has 1 aliphatic heterocycles. The number of piperidine rings is 1. The first-order chi connectivity index (χ1) is 10.7. The van der Waals surface area contributed by atoms with Crippen LogP contribution in [0, 0.1) is 6.92 Å². The molecule has 0 atom stereocenters. The SMILES string of the molecule is CCc1nnc(CN2CCC(Oc3ccc(C)cn3)CC2)o1. The lowest BCUT2D eigenvalue weighted by Gasteiger charge is -2.30. The van der Waals surface area contributed by atoms with Gasteiger partial charge in [-0.05, 0) is 25.3 Å². The summed E-state index contributed by atoms with van der Waals surface area (Å²) in [6, 6.07) is 3.96. The zero-order chi connectivity index (χ0) is 15.4. The fraction of sp³-hybridized carbons (Fsp3) is 0.562. The second kappa shape index (κ2) is 6.87. The molecule has 0 N–H and O–H groups in total. The van der Waals surface area contributed by atoms with Gasteiger partial charge in [0.05, 0.1) is 6.54 Å². The van der Waals surface area contributed by atoms with E-state index in [1.807, 2.05) is 32.2 Å². The van der Waals surface area contributed by atoms with E-state index in [0.29, 0.717) is 17.7 Å². The summed E-state index contributed by atoms with van der Waals surface area (Å²) in [5.41, 5.74) is 1.15. The molecule has 2 aromatic rings. The molecule has 1 saturated heterocycles. The molecule has 1 aliphatic rings. The quantitative estimate of drug-likeness (QED) is 0.845. The zero-order valence-electron chi connectivity index (χ0n) is 13.2. The van der Waals surface area contributed by atoms with Crippen LogP contribution in [0.5, 0.6) is 5.88 Å². The summed E-state index contributed by atoms with van der Waals surface area (Å²) in [6.07, 6.45) is 4.84. The Labute approximate surface area is 130 Å². The maximum absolute atomic E-state index is 5.94. The molecule has 0 aromatic carbocycles. The molecular weight excluding hydrogens is 280 g/mol. The summed E-state index contributed by atoms with van der Waals surface area (Å²) in [6.45, 7) is 6.71. The van der Waals surface area contributed by atoms with Gasteiger partial charge in [-0.3, -0.25) is 4.90 Å². The Bertz CT molecular complexity index is 588. The summed E-state index contributed by atoms with van der Waals surface area (Å²) in [4.78, 5) is 6.63. The number of rotatable bonds is 5. The van der Waals surface area contributed by atoms with Gasteiger partial charge in [0, 0.05) is 31.8 Å². The van der Waals surface area contributed by atoms with Gasteiger partial charge < -0.3 is 9.15 Å². The highest BCUT2D eigenvalue weighted by atomic mass is 16.5. The Balaban J connectivity index is 1.46. The van der Waals surface area contributed by atoms with E-state index >= 15 is 0 Å². The Morgan fingerprint density at radius 3 is 2.64 bits per heavy atom. The number of nitrogens with zero attached hydrogens (tertiary/aromatic N) is 4. The molecule has 2 aromatic heterocycles. The van der Waals surface area contributed by atoms with Gasteiger partial charge in [-0.2, -0.15) is 0 Å². The van der Waals surface area contributed by atoms with E-state index < -0.39 is 0 Å². The van der Waals surface area contributed by atoms with Gasteiger partial charge in [0.15, 0.2) is 0 Å². The smallest absolute Gasteiger partial charge is 0.230 e. The van der Waals surface area contributed by atoms with Crippen molar-refractivity contribution in [2.24, 2.45) is 0 Å². The van der Waals surface area contributed by atoms with E-state index in [1.54, 1.807) is 0 Å². The van der Waals surface area contributed by atoms with Crippen LogP contribution in [0.2, 0.25) is 0 Å². The molecule has 0 bridgehead atoms. The van der Waals surface area contributed by atoms with Crippen molar-refractivity contribution >= 4 is 0 Å². The first-order valence-corrected chi connectivity index (χ1v) is 7.86. The van der Waals surface area contributed by atoms with Crippen molar-refractivity contribution in [1.82, 2.24) is 20.1 Å². The standard InChI is InChI=1S/C16H22N4O2/c1-3-14-18-19-16(22-14)11-20-8-6-13(7-9-20)21-15-5-4-12(2)10-17-15/h4-5,10,13H,3,6-9,11H2,1-2H3. The largest absolute Gasteiger partial charge is 0.474 e. The summed E-state index contributed by atoms with van der Waals surface area (Å²) in [7, 11) is 0. The van der Waals surface area contributed by atoms with Crippen molar-refractivity contribution in [3.63, 3.8) is 0 Å². The van der Waals surface area contributed by atoms with Crippen molar-refractivity contribution in [3.8, 4) is 5.88 Å². The van der Waals surface area contributed by atoms with Crippen molar-refractivity contribution in [2.75, 3.05) is 13.1 Å². The molecule has 6 nitrogen and oxygen atoms in total. The molecule has 22 heavy (non-hydrogen) atoms. The number of hydrogen-bond donors (Lipinski definition) is 0. The summed E-state index contributed by atoms with van der Waals surface area (Å²) >= 11 is 0. The average molecular weight is 302 g/mol. The third-order valence-electron chi connectivity index (χ3n) is 3.88. The minimum Gasteiger partial charge on any atom is -0.474 e. The van der Waals surface area contributed by atoms with Crippen LogP contribution in [0.3, 0.4) is 0 Å². The Kier molecular flexibility index (Phi) is 4.68. The summed E-state index contributed by atoms with van der Waals surface area (Å²) in [5.74, 6) is 2.13. The monoisotopic (exact) mass is 302 g/mol. The predicted octanol–water partition coefficient (Wildman–Crippen LogP) is 2.38. The minimum atomic E-state index is 0.236. The maximum Gasteiger partial charge on any atom is 0.230 e. The molecule has 3 rings (SSSR count). The van der Waals surface area contributed by atoms with Crippen molar-refractivity contribution in [3.05, 3.63) is 35.7 Å². The number of aryl methyl sites for hydroxylation is 2. The van der Waals surface area contributed by atoms with Crippen LogP contribution < -0.4 is 4.74 Å². The molecule has 118 valence electrons. The second-order valence-corrected chi connectivity index (χ2v) is 5.71. The molecule has 0 amide bonds. The molecule has 6 heteroatoms. The highest BCUT2D eigenvalue weighted by Crippen LogP contribution is 2.18. The number of pyridine rings is 1. The third kappa shape index (κ3) is 3.82. The minimum absolute atomic E-state index is 0.236. The lowest BCUT2D eigenvalue weighted by Crippen LogP contribution is -2.38. The third-order valence-corrected chi connectivity index (χ3v) is 3.88. The normalized spacial score (nSPS) is 16.8. The fourth-order valence-corrected chi connectivity index (χ4v) is 2.57. The van der Waals surface area contributed by atoms with Crippen molar-refractivity contribution in [2.45, 2.75) is 45.8 Å². The topological polar surface area (TPSA) is 64.3 Å². The first-order valence-electron chi connectivity index (χ1n) is 7.86. The predicted molar refractivity (Wildman–Crippen MR) is 81.6 cm³/mol. The van der Waals surface area contributed by atoms with Crippen LogP contribution in [0.4, 0.5) is 0 Å². The van der Waals surface area contributed by atoms with Gasteiger partial charge in [-0.1, -0.05) is 13.0 Å². The van der Waals surface area contributed by atoms with Crippen LogP contribution in [-0.2, 0) is 13.0 Å². The van der Waals surface area contributed by atoms with E-state index in [1.165, 1.54) is 0 Å². The number of ether oxygens (including phenoxy) is 1. The Morgan fingerprint density at radius 1 is 1.23 bits per heavy atom. The van der Waals surface area contributed by atoms with Crippen LogP contribution in [0.15, 0.2) is 22.7 Å². The van der Waals surface area contributed by atoms with Gasteiger partial charge in [0.25, 0.3) is 0 Å². The van der Waals surface area contributed by atoms with Crippen LogP contribution in [0.25, 0.3) is 0 Å². The average Bonchev–Trinajstić information content (AvgIpc) is 2.99. The van der Waals surface area contributed by atoms with E-state index in [9.17, 15) is 0 Å². The molecule has 0 unspecified atom stereocenters. The number of aromatic nitrogens is 3. The van der Waals surface area contributed by atoms with E-state index in [-0.39, 0.29) is 6.10 Å². The van der Waals surface area contributed by atoms with Crippen molar-refractivity contribution in [1.29, 1.82) is 0 Å². The summed E-state index contributed by atoms with van der Waals surface area (Å²) in [5, 5.41) is 8.08. The number of hydrogen-bond acceptors (Lipinski definition) is 6. The van der Waals surface area contributed by atoms with Gasteiger partial charge in [-0.25, -0.2) is 4.98 Å². The lowest BCUT2D eigenvalue weighted by molar-refractivity contribution is 0.0882. The van der Waals surface area contributed by atoms with E-state index in [4.69, 9.17) is 9.15 Å². The molecule has 1 fully saturated rings. The zero-order valence-corrected chi connectivity index (χ0v) is 13.2. The van der Waals surface area contributed by atoms with Crippen LogP contribution in [0.1, 0.15) is 37.1 Å². The molecule has 0 aliphatic carbocycles. The van der Waals surface area contributed by atoms with Crippen LogP contribution >= 0.6 is 0 Å². The molecule has 0 saturated carbocycles. The highest BCUT2D eigenvalue weighted by molar-refractivity contribution is 5.16. The Hall–Kier alpha value is -1.95. The van der Waals surface area contributed by atoms with Crippen molar-refractivity contribution < 1.29 is 9.15 Å². The number of likely N-dealkylation sites (tertiary alicyclic amines) is 1. The van der Waals surface area contributed by atoms with Gasteiger partial charge in [0.1, 0.15) is 6.10 Å². The highest BCUT2D eigenvalue weighted by Gasteiger charge is 2.22. The van der Waals surface area contributed by atoms with Gasteiger partial charge in [-0.15, -0.1) is 10.2 Å². The second-order valence-electron chi connectivity index (χ2n) is 5.71. The van der Waals surface area contributed by atoms with Crippen LogP contribution in [-0.4, -0.2) is 39.3 Å². The summed E-state index contributed by atoms with van der Waals surface area (Å²) < 4.78 is 11.5. The lowest BCUT2D eigenvalue weighted by atomic mass is 10.1. The van der Waals surface area contributed by atoms with E-state index in [2.05, 4.69) is 20.1 Å². The maximum atomic E-state index is 5.94. The molecular formula is C16H22N4O2.